The lowest BCUT2D eigenvalue weighted by Gasteiger charge is -2.22. The molecule has 0 saturated heterocycles. The largest absolute Gasteiger partial charge is 0.488 e. The molecule has 0 saturated carbocycles. The minimum atomic E-state index is -1.46. The van der Waals surface area contributed by atoms with Gasteiger partial charge in [0.1, 0.15) is 0 Å². The average Bonchev–Trinajstić information content (AvgIpc) is 2.43. The van der Waals surface area contributed by atoms with Crippen molar-refractivity contribution in [1.29, 1.82) is 0 Å². The van der Waals surface area contributed by atoms with Crippen molar-refractivity contribution in [2.75, 3.05) is 19.8 Å². The number of nitrogens with zero attached hydrogens (tertiary/aromatic N) is 1. The monoisotopic (exact) mass is 264 g/mol. The molecular formula is C13H21BN2O3. The highest BCUT2D eigenvalue weighted by Gasteiger charge is 2.14. The Labute approximate surface area is 114 Å². The number of carbonyl (C=O) groups excluding carboxylic acids is 1. The fourth-order valence-electron chi connectivity index (χ4n) is 1.88. The fourth-order valence-corrected chi connectivity index (χ4v) is 1.88. The van der Waals surface area contributed by atoms with Crippen LogP contribution >= 0.6 is 0 Å². The summed E-state index contributed by atoms with van der Waals surface area (Å²) in [6.07, 6.45) is 0.823. The second-order valence-corrected chi connectivity index (χ2v) is 4.58. The van der Waals surface area contributed by atoms with E-state index < -0.39 is 7.12 Å². The van der Waals surface area contributed by atoms with Crippen molar-refractivity contribution in [3.05, 3.63) is 29.8 Å². The Kier molecular flexibility index (Phi) is 6.55. The molecule has 0 aliphatic rings. The van der Waals surface area contributed by atoms with Crippen molar-refractivity contribution in [1.82, 2.24) is 10.2 Å². The Morgan fingerprint density at radius 1 is 1.47 bits per heavy atom. The molecule has 19 heavy (non-hydrogen) atoms. The maximum atomic E-state index is 11.0. The molecule has 0 fully saturated rings. The van der Waals surface area contributed by atoms with Gasteiger partial charge in [-0.1, -0.05) is 38.1 Å². The summed E-state index contributed by atoms with van der Waals surface area (Å²) in [5, 5.41) is 21.4. The Bertz CT molecular complexity index is 401. The zero-order chi connectivity index (χ0) is 14.3. The van der Waals surface area contributed by atoms with Crippen molar-refractivity contribution in [3.8, 4) is 0 Å². The molecule has 0 aliphatic carbocycles. The van der Waals surface area contributed by atoms with E-state index in [4.69, 9.17) is 10.0 Å². The molecule has 0 heterocycles. The molecule has 1 amide bonds. The zero-order valence-electron chi connectivity index (χ0n) is 11.4. The summed E-state index contributed by atoms with van der Waals surface area (Å²) in [5.41, 5.74) is 1.45. The summed E-state index contributed by atoms with van der Waals surface area (Å²) in [4.78, 5) is 12.6. The number of rotatable bonds is 8. The molecule has 0 spiro atoms. The molecule has 6 heteroatoms. The Morgan fingerprint density at radius 2 is 2.21 bits per heavy atom. The molecule has 1 unspecified atom stereocenters. The van der Waals surface area contributed by atoms with E-state index in [0.29, 0.717) is 18.7 Å². The van der Waals surface area contributed by atoms with E-state index in [1.54, 1.807) is 23.1 Å². The van der Waals surface area contributed by atoms with Crippen LogP contribution in [0.2, 0.25) is 0 Å². The average molecular weight is 264 g/mol. The minimum Gasteiger partial charge on any atom is -0.423 e. The number of hydrogen-bond acceptors (Lipinski definition) is 4. The molecule has 1 aromatic rings. The molecule has 0 aromatic heterocycles. The van der Waals surface area contributed by atoms with Crippen LogP contribution < -0.4 is 10.8 Å². The summed E-state index contributed by atoms with van der Waals surface area (Å²) in [5.74, 6) is 0.127. The standard InChI is InChI=1S/C13H21BN2O3/c1-3-15-9-16(10-17)8-11(2)12-5-4-6-13(7-12)14(18)19/h4-7,10-11,15,18-19H,3,8-9H2,1-2H3. The third kappa shape index (κ3) is 5.02. The van der Waals surface area contributed by atoms with E-state index in [1.165, 1.54) is 0 Å². The maximum Gasteiger partial charge on any atom is 0.488 e. The molecule has 1 aromatic carbocycles. The fraction of sp³-hybridized carbons (Fsp3) is 0.462. The summed E-state index contributed by atoms with van der Waals surface area (Å²) >= 11 is 0. The van der Waals surface area contributed by atoms with E-state index in [1.807, 2.05) is 19.9 Å². The van der Waals surface area contributed by atoms with Crippen LogP contribution in [0, 0.1) is 0 Å². The molecule has 3 N–H and O–H groups in total. The van der Waals surface area contributed by atoms with E-state index >= 15 is 0 Å². The normalized spacial score (nSPS) is 12.0. The molecule has 1 rings (SSSR count). The van der Waals surface area contributed by atoms with Gasteiger partial charge >= 0.3 is 7.12 Å². The number of benzene rings is 1. The van der Waals surface area contributed by atoms with Gasteiger partial charge in [-0.2, -0.15) is 0 Å². The van der Waals surface area contributed by atoms with E-state index in [9.17, 15) is 4.79 Å². The van der Waals surface area contributed by atoms with Crippen LogP contribution in [0.5, 0.6) is 0 Å². The van der Waals surface area contributed by atoms with Gasteiger partial charge in [0.15, 0.2) is 0 Å². The van der Waals surface area contributed by atoms with Crippen molar-refractivity contribution >= 4 is 19.0 Å². The van der Waals surface area contributed by atoms with Crippen molar-refractivity contribution in [2.45, 2.75) is 19.8 Å². The molecule has 0 bridgehead atoms. The van der Waals surface area contributed by atoms with Crippen LogP contribution in [0.4, 0.5) is 0 Å². The predicted molar refractivity (Wildman–Crippen MR) is 76.0 cm³/mol. The number of nitrogens with one attached hydrogen (secondary N) is 1. The van der Waals surface area contributed by atoms with Crippen LogP contribution in [-0.4, -0.2) is 48.2 Å². The van der Waals surface area contributed by atoms with Crippen LogP contribution in [0.3, 0.4) is 0 Å². The lowest BCUT2D eigenvalue weighted by atomic mass is 9.78. The van der Waals surface area contributed by atoms with Crippen molar-refractivity contribution < 1.29 is 14.8 Å². The Hall–Kier alpha value is -1.37. The lowest BCUT2D eigenvalue weighted by Crippen LogP contribution is -2.36. The van der Waals surface area contributed by atoms with Gasteiger partial charge in [-0.05, 0) is 23.5 Å². The topological polar surface area (TPSA) is 72.8 Å². The molecular weight excluding hydrogens is 243 g/mol. The quantitative estimate of drug-likeness (QED) is 0.336. The van der Waals surface area contributed by atoms with Crippen molar-refractivity contribution in [3.63, 3.8) is 0 Å². The molecule has 0 aliphatic heterocycles. The molecule has 104 valence electrons. The van der Waals surface area contributed by atoms with Gasteiger partial charge < -0.3 is 20.3 Å². The van der Waals surface area contributed by atoms with Gasteiger partial charge in [-0.15, -0.1) is 0 Å². The highest BCUT2D eigenvalue weighted by atomic mass is 16.4. The third-order valence-electron chi connectivity index (χ3n) is 3.00. The minimum absolute atomic E-state index is 0.127. The Morgan fingerprint density at radius 3 is 2.79 bits per heavy atom. The Balaban J connectivity index is 2.68. The van der Waals surface area contributed by atoms with Crippen molar-refractivity contribution in [2.24, 2.45) is 0 Å². The highest BCUT2D eigenvalue weighted by molar-refractivity contribution is 6.58. The third-order valence-corrected chi connectivity index (χ3v) is 3.00. The molecule has 0 radical (unpaired) electrons. The number of amides is 1. The first kappa shape index (κ1) is 15.7. The summed E-state index contributed by atoms with van der Waals surface area (Å²) in [6, 6.07) is 7.13. The van der Waals surface area contributed by atoms with Gasteiger partial charge in [0.05, 0.1) is 6.67 Å². The summed E-state index contributed by atoms with van der Waals surface area (Å²) in [6.45, 7) is 5.91. The van der Waals surface area contributed by atoms with E-state index in [-0.39, 0.29) is 5.92 Å². The molecule has 1 atom stereocenters. The number of carbonyl (C=O) groups is 1. The van der Waals surface area contributed by atoms with Crippen LogP contribution in [0.1, 0.15) is 25.3 Å². The van der Waals surface area contributed by atoms with Gasteiger partial charge in [0.2, 0.25) is 6.41 Å². The van der Waals surface area contributed by atoms with Crippen LogP contribution in [-0.2, 0) is 4.79 Å². The van der Waals surface area contributed by atoms with E-state index in [2.05, 4.69) is 5.32 Å². The first-order valence-corrected chi connectivity index (χ1v) is 6.44. The lowest BCUT2D eigenvalue weighted by molar-refractivity contribution is -0.118. The second kappa shape index (κ2) is 7.94. The summed E-state index contributed by atoms with van der Waals surface area (Å²) < 4.78 is 0. The van der Waals surface area contributed by atoms with Crippen LogP contribution in [0.15, 0.2) is 24.3 Å². The first-order valence-electron chi connectivity index (χ1n) is 6.44. The second-order valence-electron chi connectivity index (χ2n) is 4.58. The van der Waals surface area contributed by atoms with Gasteiger partial charge in [0.25, 0.3) is 0 Å². The highest BCUT2D eigenvalue weighted by Crippen LogP contribution is 2.14. The van der Waals surface area contributed by atoms with Gasteiger partial charge in [-0.25, -0.2) is 0 Å². The predicted octanol–water partition coefficient (Wildman–Crippen LogP) is -0.505. The smallest absolute Gasteiger partial charge is 0.423 e. The summed E-state index contributed by atoms with van der Waals surface area (Å²) in [7, 11) is -1.46. The zero-order valence-corrected chi connectivity index (χ0v) is 11.4. The molecule has 5 nitrogen and oxygen atoms in total. The maximum absolute atomic E-state index is 11.0. The van der Waals surface area contributed by atoms with Crippen LogP contribution in [0.25, 0.3) is 0 Å². The van der Waals surface area contributed by atoms with Gasteiger partial charge in [-0.3, -0.25) is 4.79 Å². The SMILES string of the molecule is CCNCN(C=O)CC(C)c1cccc(B(O)O)c1. The van der Waals surface area contributed by atoms with Gasteiger partial charge in [0, 0.05) is 6.54 Å². The first-order chi connectivity index (χ1) is 9.08. The van der Waals surface area contributed by atoms with E-state index in [0.717, 1.165) is 18.5 Å². The number of hydrogen-bond donors (Lipinski definition) is 3.